The van der Waals surface area contributed by atoms with Crippen molar-refractivity contribution in [1.29, 1.82) is 0 Å². The number of anilines is 1. The quantitative estimate of drug-likeness (QED) is 0.643. The van der Waals surface area contributed by atoms with Gasteiger partial charge in [-0.25, -0.2) is 0 Å². The average Bonchev–Trinajstić information content (AvgIpc) is 3.14. The molecular weight excluding hydrogens is 258 g/mol. The van der Waals surface area contributed by atoms with Crippen LogP contribution in [0.15, 0.2) is 0 Å². The summed E-state index contributed by atoms with van der Waals surface area (Å²) in [5, 5.41) is 9.76. The maximum atomic E-state index is 12.0. The second-order valence-electron chi connectivity index (χ2n) is 5.17. The summed E-state index contributed by atoms with van der Waals surface area (Å²) in [4.78, 5) is 23.4. The first-order valence-corrected chi connectivity index (χ1v) is 6.85. The van der Waals surface area contributed by atoms with Crippen molar-refractivity contribution in [3.05, 3.63) is 11.4 Å². The Morgan fingerprint density at radius 2 is 2.15 bits per heavy atom. The Morgan fingerprint density at radius 1 is 1.45 bits per heavy atom. The molecule has 1 aromatic rings. The summed E-state index contributed by atoms with van der Waals surface area (Å²) in [6.45, 7) is 2.20. The number of hydrogen-bond donors (Lipinski definition) is 3. The lowest BCUT2D eigenvalue weighted by Crippen LogP contribution is -2.29. The smallest absolute Gasteiger partial charge is 0.271 e. The minimum absolute atomic E-state index is 0.0534. The number of nitrogens with zero attached hydrogens (tertiary/aromatic N) is 2. The highest BCUT2D eigenvalue weighted by atomic mass is 16.2. The van der Waals surface area contributed by atoms with Gasteiger partial charge in [0, 0.05) is 26.1 Å². The van der Waals surface area contributed by atoms with E-state index in [-0.39, 0.29) is 11.8 Å². The molecule has 0 spiro atoms. The zero-order valence-electron chi connectivity index (χ0n) is 11.9. The molecule has 1 fully saturated rings. The third-order valence-corrected chi connectivity index (χ3v) is 3.29. The van der Waals surface area contributed by atoms with E-state index >= 15 is 0 Å². The van der Waals surface area contributed by atoms with Crippen molar-refractivity contribution in [2.75, 3.05) is 12.3 Å². The van der Waals surface area contributed by atoms with Crippen molar-refractivity contribution < 1.29 is 9.59 Å². The number of nitrogen functional groups attached to an aromatic ring is 1. The summed E-state index contributed by atoms with van der Waals surface area (Å²) in [7, 11) is 1.68. The molecule has 1 saturated carbocycles. The van der Waals surface area contributed by atoms with Crippen molar-refractivity contribution in [3.8, 4) is 0 Å². The fourth-order valence-electron chi connectivity index (χ4n) is 2.01. The van der Waals surface area contributed by atoms with Gasteiger partial charge in [0.15, 0.2) is 0 Å². The van der Waals surface area contributed by atoms with Crippen LogP contribution in [0.3, 0.4) is 0 Å². The lowest BCUT2D eigenvalue weighted by molar-refractivity contribution is -0.121. The molecule has 2 amide bonds. The molecule has 1 aliphatic carbocycles. The zero-order chi connectivity index (χ0) is 14.7. The number of nitrogens with two attached hydrogens (primary N) is 1. The van der Waals surface area contributed by atoms with Crippen LogP contribution in [0.1, 0.15) is 41.9 Å². The minimum atomic E-state index is -0.256. The van der Waals surface area contributed by atoms with E-state index in [9.17, 15) is 9.59 Å². The lowest BCUT2D eigenvalue weighted by atomic mass is 10.2. The van der Waals surface area contributed by atoms with E-state index < -0.39 is 0 Å². The first-order valence-electron chi connectivity index (χ1n) is 6.85. The van der Waals surface area contributed by atoms with Gasteiger partial charge in [0.1, 0.15) is 5.69 Å². The summed E-state index contributed by atoms with van der Waals surface area (Å²) >= 11 is 0. The van der Waals surface area contributed by atoms with Crippen molar-refractivity contribution in [1.82, 2.24) is 20.4 Å². The largest absolute Gasteiger partial charge is 0.395 e. The maximum Gasteiger partial charge on any atom is 0.271 e. The highest BCUT2D eigenvalue weighted by Crippen LogP contribution is 2.18. The third kappa shape index (κ3) is 3.49. The van der Waals surface area contributed by atoms with Crippen LogP contribution in [0.25, 0.3) is 0 Å². The molecule has 1 aromatic heterocycles. The van der Waals surface area contributed by atoms with Crippen LogP contribution < -0.4 is 16.4 Å². The molecule has 110 valence electrons. The predicted octanol–water partition coefficient (Wildman–Crippen LogP) is 0.0993. The van der Waals surface area contributed by atoms with Gasteiger partial charge in [-0.15, -0.1) is 0 Å². The summed E-state index contributed by atoms with van der Waals surface area (Å²) in [5.74, 6) is -0.203. The van der Waals surface area contributed by atoms with E-state index in [1.807, 2.05) is 0 Å². The fraction of sp³-hybridized carbons (Fsp3) is 0.615. The molecule has 0 bridgehead atoms. The number of hydrogen-bond acceptors (Lipinski definition) is 4. The molecule has 0 aliphatic heterocycles. The van der Waals surface area contributed by atoms with Crippen LogP contribution >= 0.6 is 0 Å². The Balaban J connectivity index is 1.73. The van der Waals surface area contributed by atoms with E-state index in [0.717, 1.165) is 12.8 Å². The minimum Gasteiger partial charge on any atom is -0.395 e. The van der Waals surface area contributed by atoms with Gasteiger partial charge in [0.25, 0.3) is 5.91 Å². The maximum absolute atomic E-state index is 12.0. The van der Waals surface area contributed by atoms with Crippen molar-refractivity contribution in [2.45, 2.75) is 38.6 Å². The molecule has 0 aromatic carbocycles. The normalized spacial score (nSPS) is 14.1. The van der Waals surface area contributed by atoms with Gasteiger partial charge < -0.3 is 16.4 Å². The average molecular weight is 279 g/mol. The summed E-state index contributed by atoms with van der Waals surface area (Å²) in [6.07, 6.45) is 3.21. The summed E-state index contributed by atoms with van der Waals surface area (Å²) < 4.78 is 1.47. The molecule has 4 N–H and O–H groups in total. The van der Waals surface area contributed by atoms with E-state index in [2.05, 4.69) is 15.7 Å². The van der Waals surface area contributed by atoms with Gasteiger partial charge in [0.05, 0.1) is 11.4 Å². The Morgan fingerprint density at radius 3 is 2.70 bits per heavy atom. The SMILES string of the molecule is Cc1nn(C)c(C(=O)NCCCC(=O)NC2CC2)c1N. The molecule has 0 saturated heterocycles. The third-order valence-electron chi connectivity index (χ3n) is 3.29. The number of aryl methyl sites for hydroxylation is 2. The summed E-state index contributed by atoms with van der Waals surface area (Å²) in [6, 6.07) is 0.384. The van der Waals surface area contributed by atoms with Gasteiger partial charge in [0.2, 0.25) is 5.91 Å². The molecule has 20 heavy (non-hydrogen) atoms. The molecule has 7 heteroatoms. The summed E-state index contributed by atoms with van der Waals surface area (Å²) in [5.41, 5.74) is 7.22. The van der Waals surface area contributed by atoms with Gasteiger partial charge in [-0.3, -0.25) is 14.3 Å². The van der Waals surface area contributed by atoms with Crippen LogP contribution in [0, 0.1) is 6.92 Å². The van der Waals surface area contributed by atoms with Gasteiger partial charge in [-0.05, 0) is 26.2 Å². The highest BCUT2D eigenvalue weighted by molar-refractivity contribution is 5.97. The zero-order valence-corrected chi connectivity index (χ0v) is 11.9. The van der Waals surface area contributed by atoms with Crippen molar-refractivity contribution in [3.63, 3.8) is 0 Å². The molecule has 1 heterocycles. The number of nitrogens with one attached hydrogen (secondary N) is 2. The fourth-order valence-corrected chi connectivity index (χ4v) is 2.01. The lowest BCUT2D eigenvalue weighted by Gasteiger charge is -2.06. The number of carbonyl (C=O) groups is 2. The van der Waals surface area contributed by atoms with Crippen LogP contribution in [0.2, 0.25) is 0 Å². The van der Waals surface area contributed by atoms with E-state index in [0.29, 0.717) is 42.5 Å². The Bertz CT molecular complexity index is 519. The number of aromatic nitrogens is 2. The molecule has 2 rings (SSSR count). The first kappa shape index (κ1) is 14.4. The van der Waals surface area contributed by atoms with Gasteiger partial charge >= 0.3 is 0 Å². The number of carbonyl (C=O) groups excluding carboxylic acids is 2. The Kier molecular flexibility index (Phi) is 4.26. The second-order valence-corrected chi connectivity index (χ2v) is 5.17. The molecule has 0 radical (unpaired) electrons. The monoisotopic (exact) mass is 279 g/mol. The van der Waals surface area contributed by atoms with Gasteiger partial charge in [-0.1, -0.05) is 0 Å². The second kappa shape index (κ2) is 5.94. The Labute approximate surface area is 117 Å². The topological polar surface area (TPSA) is 102 Å². The van der Waals surface area contributed by atoms with Crippen LogP contribution in [-0.4, -0.2) is 34.2 Å². The van der Waals surface area contributed by atoms with Crippen LogP contribution in [0.4, 0.5) is 5.69 Å². The van der Waals surface area contributed by atoms with Crippen molar-refractivity contribution in [2.24, 2.45) is 7.05 Å². The van der Waals surface area contributed by atoms with Crippen LogP contribution in [-0.2, 0) is 11.8 Å². The van der Waals surface area contributed by atoms with Crippen molar-refractivity contribution >= 4 is 17.5 Å². The number of amides is 2. The molecule has 0 unspecified atom stereocenters. The molecule has 0 atom stereocenters. The van der Waals surface area contributed by atoms with E-state index in [1.165, 1.54) is 4.68 Å². The predicted molar refractivity (Wildman–Crippen MR) is 75.1 cm³/mol. The standard InChI is InChI=1S/C13H21N5O2/c1-8-11(14)12(18(2)17-8)13(20)15-7-3-4-10(19)16-9-5-6-9/h9H,3-7,14H2,1-2H3,(H,15,20)(H,16,19). The first-order chi connectivity index (χ1) is 9.49. The van der Waals surface area contributed by atoms with Gasteiger partial charge in [-0.2, -0.15) is 5.10 Å². The van der Waals surface area contributed by atoms with E-state index in [1.54, 1.807) is 14.0 Å². The molecular formula is C13H21N5O2. The van der Waals surface area contributed by atoms with Crippen LogP contribution in [0.5, 0.6) is 0 Å². The Hall–Kier alpha value is -2.05. The number of rotatable bonds is 6. The molecule has 7 nitrogen and oxygen atoms in total. The highest BCUT2D eigenvalue weighted by Gasteiger charge is 2.23. The van der Waals surface area contributed by atoms with E-state index in [4.69, 9.17) is 5.73 Å². The molecule has 1 aliphatic rings.